The van der Waals surface area contributed by atoms with Gasteiger partial charge in [-0.05, 0) is 11.6 Å². The molecule has 0 bridgehead atoms. The third-order valence-corrected chi connectivity index (χ3v) is 2.36. The molecule has 0 spiro atoms. The third kappa shape index (κ3) is 1.29. The van der Waals surface area contributed by atoms with E-state index in [1.54, 1.807) is 0 Å². The molecule has 0 unspecified atom stereocenters. The maximum absolute atomic E-state index is 5.02. The predicted octanol–water partition coefficient (Wildman–Crippen LogP) is 2.89. The lowest BCUT2D eigenvalue weighted by atomic mass is 10.0. The summed E-state index contributed by atoms with van der Waals surface area (Å²) in [5.41, 5.74) is 3.70. The van der Waals surface area contributed by atoms with Crippen molar-refractivity contribution in [2.45, 2.75) is 0 Å². The van der Waals surface area contributed by atoms with E-state index in [-0.39, 0.29) is 0 Å². The molecule has 1 heterocycles. The van der Waals surface area contributed by atoms with Gasteiger partial charge in [-0.1, -0.05) is 42.5 Å². The van der Waals surface area contributed by atoms with Gasteiger partial charge in [0.25, 0.3) is 0 Å². The Morgan fingerprint density at radius 1 is 0.867 bits per heavy atom. The Hall–Kier alpha value is -2.16. The van der Waals surface area contributed by atoms with E-state index >= 15 is 0 Å². The molecular formula is C12H8N2O. The van der Waals surface area contributed by atoms with Crippen molar-refractivity contribution in [3.63, 3.8) is 0 Å². The Balaban J connectivity index is 2.31. The van der Waals surface area contributed by atoms with Gasteiger partial charge >= 0.3 is 0 Å². The van der Waals surface area contributed by atoms with Crippen LogP contribution >= 0.6 is 0 Å². The fraction of sp³-hybridized carbons (Fsp3) is 0. The van der Waals surface area contributed by atoms with E-state index in [1.165, 1.54) is 0 Å². The summed E-state index contributed by atoms with van der Waals surface area (Å²) in [4.78, 5) is 0. The maximum atomic E-state index is 5.02. The van der Waals surface area contributed by atoms with Crippen LogP contribution in [0.1, 0.15) is 0 Å². The molecule has 15 heavy (non-hydrogen) atoms. The first-order chi connectivity index (χ1) is 7.45. The first kappa shape index (κ1) is 8.17. The quantitative estimate of drug-likeness (QED) is 0.600. The summed E-state index contributed by atoms with van der Waals surface area (Å²) in [5.74, 6) is 0. The van der Waals surface area contributed by atoms with E-state index in [4.69, 9.17) is 4.52 Å². The summed E-state index contributed by atoms with van der Waals surface area (Å²) in [6.07, 6.45) is 0. The van der Waals surface area contributed by atoms with Crippen molar-refractivity contribution in [1.82, 2.24) is 10.4 Å². The lowest BCUT2D eigenvalue weighted by Gasteiger charge is -1.99. The highest BCUT2D eigenvalue weighted by Crippen LogP contribution is 2.26. The van der Waals surface area contributed by atoms with Crippen LogP contribution in [0.25, 0.3) is 22.2 Å². The van der Waals surface area contributed by atoms with Crippen molar-refractivity contribution >= 4 is 11.1 Å². The van der Waals surface area contributed by atoms with Gasteiger partial charge in [0.15, 0.2) is 5.58 Å². The number of hydrogen-bond donors (Lipinski definition) is 0. The van der Waals surface area contributed by atoms with Crippen LogP contribution in [0.3, 0.4) is 0 Å². The van der Waals surface area contributed by atoms with Crippen molar-refractivity contribution in [1.29, 1.82) is 0 Å². The molecule has 3 nitrogen and oxygen atoms in total. The van der Waals surface area contributed by atoms with Crippen LogP contribution in [0.4, 0.5) is 0 Å². The van der Waals surface area contributed by atoms with E-state index in [2.05, 4.69) is 10.4 Å². The summed E-state index contributed by atoms with van der Waals surface area (Å²) in [6.45, 7) is 0. The molecule has 0 fully saturated rings. The standard InChI is InChI=1S/C12H8N2O/c1-2-5-9(6-3-1)10-7-4-8-11-12(10)13-14-15-11/h1-8H. The van der Waals surface area contributed by atoms with Crippen molar-refractivity contribution < 1.29 is 4.52 Å². The summed E-state index contributed by atoms with van der Waals surface area (Å²) in [6, 6.07) is 15.9. The lowest BCUT2D eigenvalue weighted by molar-refractivity contribution is 0.424. The highest BCUT2D eigenvalue weighted by atomic mass is 16.5. The highest BCUT2D eigenvalue weighted by molar-refractivity contribution is 5.89. The van der Waals surface area contributed by atoms with Crippen LogP contribution in [0, 0.1) is 0 Å². The molecule has 2 aromatic carbocycles. The summed E-state index contributed by atoms with van der Waals surface area (Å²) >= 11 is 0. The second-order valence-corrected chi connectivity index (χ2v) is 3.29. The minimum atomic E-state index is 0.719. The second-order valence-electron chi connectivity index (χ2n) is 3.29. The molecule has 0 radical (unpaired) electrons. The Morgan fingerprint density at radius 3 is 2.60 bits per heavy atom. The zero-order valence-electron chi connectivity index (χ0n) is 7.92. The zero-order valence-corrected chi connectivity index (χ0v) is 7.92. The number of hydrogen-bond acceptors (Lipinski definition) is 3. The monoisotopic (exact) mass is 196 g/mol. The molecule has 0 atom stereocenters. The van der Waals surface area contributed by atoms with E-state index in [0.717, 1.165) is 22.2 Å². The normalized spacial score (nSPS) is 10.7. The molecule has 0 saturated heterocycles. The number of benzene rings is 2. The third-order valence-electron chi connectivity index (χ3n) is 2.36. The van der Waals surface area contributed by atoms with E-state index in [0.29, 0.717) is 0 Å². The second kappa shape index (κ2) is 3.20. The van der Waals surface area contributed by atoms with Gasteiger partial charge < -0.3 is 4.52 Å². The lowest BCUT2D eigenvalue weighted by Crippen LogP contribution is -1.79. The number of nitrogens with zero attached hydrogens (tertiary/aromatic N) is 2. The fourth-order valence-corrected chi connectivity index (χ4v) is 1.66. The van der Waals surface area contributed by atoms with E-state index in [9.17, 15) is 0 Å². The first-order valence-corrected chi connectivity index (χ1v) is 4.72. The maximum Gasteiger partial charge on any atom is 0.188 e. The number of aromatic nitrogens is 2. The topological polar surface area (TPSA) is 38.9 Å². The van der Waals surface area contributed by atoms with Crippen LogP contribution in [0.15, 0.2) is 53.1 Å². The molecule has 3 aromatic rings. The summed E-state index contributed by atoms with van der Waals surface area (Å²) in [5, 5.41) is 7.54. The molecule has 0 saturated carbocycles. The first-order valence-electron chi connectivity index (χ1n) is 4.72. The van der Waals surface area contributed by atoms with Crippen LogP contribution in [-0.4, -0.2) is 10.4 Å². The SMILES string of the molecule is c1ccc(-c2cccc3onnc23)cc1. The molecule has 0 amide bonds. The summed E-state index contributed by atoms with van der Waals surface area (Å²) < 4.78 is 5.02. The van der Waals surface area contributed by atoms with Gasteiger partial charge in [0, 0.05) is 10.8 Å². The van der Waals surface area contributed by atoms with Crippen molar-refractivity contribution in [2.24, 2.45) is 0 Å². The van der Waals surface area contributed by atoms with Crippen LogP contribution in [0.5, 0.6) is 0 Å². The minimum Gasteiger partial charge on any atom is -0.337 e. The number of fused-ring (bicyclic) bond motifs is 1. The van der Waals surface area contributed by atoms with Gasteiger partial charge in [-0.2, -0.15) is 0 Å². The Bertz CT molecular complexity index is 587. The Kier molecular flexibility index (Phi) is 1.75. The number of rotatable bonds is 1. The highest BCUT2D eigenvalue weighted by Gasteiger charge is 2.07. The molecular weight excluding hydrogens is 188 g/mol. The molecule has 0 aliphatic carbocycles. The fourth-order valence-electron chi connectivity index (χ4n) is 1.66. The van der Waals surface area contributed by atoms with Crippen molar-refractivity contribution in [2.75, 3.05) is 0 Å². The average molecular weight is 196 g/mol. The van der Waals surface area contributed by atoms with Crippen molar-refractivity contribution in [3.8, 4) is 11.1 Å². The van der Waals surface area contributed by atoms with Crippen LogP contribution in [-0.2, 0) is 0 Å². The minimum absolute atomic E-state index is 0.719. The van der Waals surface area contributed by atoms with Gasteiger partial charge in [-0.15, -0.1) is 5.10 Å². The van der Waals surface area contributed by atoms with Crippen molar-refractivity contribution in [3.05, 3.63) is 48.5 Å². The largest absolute Gasteiger partial charge is 0.337 e. The summed E-state index contributed by atoms with van der Waals surface area (Å²) in [7, 11) is 0. The molecule has 3 rings (SSSR count). The van der Waals surface area contributed by atoms with Gasteiger partial charge in [0.2, 0.25) is 0 Å². The Labute approximate surface area is 86.3 Å². The average Bonchev–Trinajstić information content (AvgIpc) is 2.78. The molecule has 0 N–H and O–H groups in total. The zero-order chi connectivity index (χ0) is 10.1. The van der Waals surface area contributed by atoms with Crippen LogP contribution in [0.2, 0.25) is 0 Å². The van der Waals surface area contributed by atoms with Gasteiger partial charge in [-0.25, -0.2) is 0 Å². The van der Waals surface area contributed by atoms with E-state index in [1.807, 2.05) is 48.5 Å². The van der Waals surface area contributed by atoms with Crippen LogP contribution < -0.4 is 0 Å². The molecule has 0 aliphatic rings. The molecule has 72 valence electrons. The van der Waals surface area contributed by atoms with Gasteiger partial charge in [0.05, 0.1) is 0 Å². The molecule has 1 aromatic heterocycles. The predicted molar refractivity (Wildman–Crippen MR) is 57.2 cm³/mol. The smallest absolute Gasteiger partial charge is 0.188 e. The van der Waals surface area contributed by atoms with Gasteiger partial charge in [0.1, 0.15) is 5.52 Å². The van der Waals surface area contributed by atoms with E-state index < -0.39 is 0 Å². The molecule has 3 heteroatoms. The Morgan fingerprint density at radius 2 is 1.73 bits per heavy atom. The molecule has 0 aliphatic heterocycles. The van der Waals surface area contributed by atoms with Gasteiger partial charge in [-0.3, -0.25) is 0 Å².